The zero-order chi connectivity index (χ0) is 19.5. The molecule has 2 aliphatic rings. The van der Waals surface area contributed by atoms with Gasteiger partial charge in [-0.2, -0.15) is 21.8 Å². The van der Waals surface area contributed by atoms with Crippen molar-refractivity contribution in [1.29, 1.82) is 0 Å². The molecule has 0 saturated carbocycles. The van der Waals surface area contributed by atoms with Gasteiger partial charge in [-0.05, 0) is 36.5 Å². The summed E-state index contributed by atoms with van der Waals surface area (Å²) >= 11 is 0. The van der Waals surface area contributed by atoms with Gasteiger partial charge in [0, 0.05) is 32.7 Å². The summed E-state index contributed by atoms with van der Waals surface area (Å²) in [6, 6.07) is 6.34. The number of ether oxygens (including phenoxy) is 1. The van der Waals surface area contributed by atoms with Gasteiger partial charge < -0.3 is 4.74 Å². The number of hydrogen-bond donors (Lipinski definition) is 1. The predicted molar refractivity (Wildman–Crippen MR) is 102 cm³/mol. The molecule has 1 N–H and O–H groups in total. The minimum absolute atomic E-state index is 0.131. The number of rotatable bonds is 6. The van der Waals surface area contributed by atoms with Crippen molar-refractivity contribution in [3.63, 3.8) is 0 Å². The fraction of sp³-hybridized carbons (Fsp3) is 0.647. The highest BCUT2D eigenvalue weighted by molar-refractivity contribution is 7.89. The molecule has 0 amide bonds. The molecule has 0 spiro atoms. The molecule has 1 aromatic rings. The van der Waals surface area contributed by atoms with E-state index < -0.39 is 20.2 Å². The molecule has 8 nitrogen and oxygen atoms in total. The third kappa shape index (κ3) is 5.07. The maximum absolute atomic E-state index is 12.6. The highest BCUT2D eigenvalue weighted by Crippen LogP contribution is 2.19. The van der Waals surface area contributed by atoms with Crippen LogP contribution in [0.5, 0.6) is 0 Å². The minimum atomic E-state index is -3.54. The Morgan fingerprint density at radius 1 is 0.963 bits per heavy atom. The van der Waals surface area contributed by atoms with E-state index in [2.05, 4.69) is 11.6 Å². The van der Waals surface area contributed by atoms with Crippen LogP contribution in [-0.2, 0) is 31.5 Å². The van der Waals surface area contributed by atoms with Gasteiger partial charge in [0.2, 0.25) is 10.0 Å². The molecule has 3 rings (SSSR count). The van der Waals surface area contributed by atoms with Gasteiger partial charge in [0.1, 0.15) is 0 Å². The maximum atomic E-state index is 12.6. The van der Waals surface area contributed by atoms with E-state index in [1.807, 2.05) is 0 Å². The zero-order valence-corrected chi connectivity index (χ0v) is 17.1. The monoisotopic (exact) mass is 417 g/mol. The van der Waals surface area contributed by atoms with E-state index >= 15 is 0 Å². The predicted octanol–water partition coefficient (Wildman–Crippen LogP) is 0.774. The van der Waals surface area contributed by atoms with Crippen molar-refractivity contribution in [3.8, 4) is 0 Å². The molecule has 10 heteroatoms. The van der Waals surface area contributed by atoms with Crippen LogP contribution in [0.25, 0.3) is 0 Å². The molecular weight excluding hydrogens is 390 g/mol. The summed E-state index contributed by atoms with van der Waals surface area (Å²) in [5.41, 5.74) is 0.713. The molecule has 2 heterocycles. The van der Waals surface area contributed by atoms with Gasteiger partial charge in [-0.25, -0.2) is 8.42 Å². The Bertz CT molecular complexity index is 826. The first kappa shape index (κ1) is 20.7. The molecule has 1 aromatic carbocycles. The first-order chi connectivity index (χ1) is 12.8. The Hall–Kier alpha value is -1.04. The number of hydrogen-bond acceptors (Lipinski definition) is 5. The summed E-state index contributed by atoms with van der Waals surface area (Å²) in [6.07, 6.45) is 1.74. The van der Waals surface area contributed by atoms with Crippen LogP contribution in [0.15, 0.2) is 29.2 Å². The first-order valence-corrected chi connectivity index (χ1v) is 12.1. The van der Waals surface area contributed by atoms with E-state index in [4.69, 9.17) is 4.74 Å². The Balaban J connectivity index is 1.60. The highest BCUT2D eigenvalue weighted by atomic mass is 32.2. The second-order valence-corrected chi connectivity index (χ2v) is 10.8. The minimum Gasteiger partial charge on any atom is -0.379 e. The molecule has 0 atom stereocenters. The van der Waals surface area contributed by atoms with Crippen molar-refractivity contribution in [1.82, 2.24) is 13.3 Å². The van der Waals surface area contributed by atoms with Crippen LogP contribution in [-0.4, -0.2) is 64.8 Å². The SMILES string of the molecule is CC1CCN(S(=O)(=O)NCc2ccc(S(=O)(=O)N3CCOCC3)cc2)CC1. The third-order valence-corrected chi connectivity index (χ3v) is 8.54. The van der Waals surface area contributed by atoms with Gasteiger partial charge in [0.05, 0.1) is 18.1 Å². The normalized spacial score (nSPS) is 21.4. The largest absolute Gasteiger partial charge is 0.379 e. The van der Waals surface area contributed by atoms with Crippen molar-refractivity contribution < 1.29 is 21.6 Å². The summed E-state index contributed by atoms with van der Waals surface area (Å²) in [5.74, 6) is 0.553. The fourth-order valence-electron chi connectivity index (χ4n) is 3.21. The van der Waals surface area contributed by atoms with E-state index in [1.54, 1.807) is 12.1 Å². The Kier molecular flexibility index (Phi) is 6.54. The molecule has 2 aliphatic heterocycles. The topological polar surface area (TPSA) is 96.0 Å². The fourth-order valence-corrected chi connectivity index (χ4v) is 5.84. The van der Waals surface area contributed by atoms with E-state index in [9.17, 15) is 16.8 Å². The van der Waals surface area contributed by atoms with Crippen LogP contribution in [0.3, 0.4) is 0 Å². The molecule has 0 radical (unpaired) electrons. The zero-order valence-electron chi connectivity index (χ0n) is 15.5. The van der Waals surface area contributed by atoms with E-state index in [0.717, 1.165) is 12.8 Å². The van der Waals surface area contributed by atoms with E-state index in [0.29, 0.717) is 50.9 Å². The summed E-state index contributed by atoms with van der Waals surface area (Å²) in [7, 11) is -7.06. The molecule has 0 aromatic heterocycles. The van der Waals surface area contributed by atoms with Crippen molar-refractivity contribution in [3.05, 3.63) is 29.8 Å². The van der Waals surface area contributed by atoms with Crippen molar-refractivity contribution >= 4 is 20.2 Å². The van der Waals surface area contributed by atoms with Crippen LogP contribution in [0.2, 0.25) is 0 Å². The first-order valence-electron chi connectivity index (χ1n) is 9.20. The van der Waals surface area contributed by atoms with Crippen molar-refractivity contribution in [2.75, 3.05) is 39.4 Å². The van der Waals surface area contributed by atoms with E-state index in [-0.39, 0.29) is 11.4 Å². The lowest BCUT2D eigenvalue weighted by Crippen LogP contribution is -2.44. The van der Waals surface area contributed by atoms with Crippen LogP contribution >= 0.6 is 0 Å². The maximum Gasteiger partial charge on any atom is 0.279 e. The number of benzene rings is 1. The molecule has 0 unspecified atom stereocenters. The van der Waals surface area contributed by atoms with Crippen LogP contribution in [0, 0.1) is 5.92 Å². The van der Waals surface area contributed by atoms with Gasteiger partial charge in [0.25, 0.3) is 10.2 Å². The van der Waals surface area contributed by atoms with Gasteiger partial charge in [-0.3, -0.25) is 0 Å². The lowest BCUT2D eigenvalue weighted by Gasteiger charge is -2.29. The van der Waals surface area contributed by atoms with Gasteiger partial charge >= 0.3 is 0 Å². The van der Waals surface area contributed by atoms with Crippen molar-refractivity contribution in [2.45, 2.75) is 31.2 Å². The second kappa shape index (κ2) is 8.54. The number of sulfonamides is 1. The summed E-state index contributed by atoms with van der Waals surface area (Å²) in [6.45, 7) is 4.82. The molecule has 2 saturated heterocycles. The molecule has 2 fully saturated rings. The molecule has 27 heavy (non-hydrogen) atoms. The standard InChI is InChI=1S/C17H27N3O5S2/c1-15-6-8-20(9-7-15)27(23,24)18-14-16-2-4-17(5-3-16)26(21,22)19-10-12-25-13-11-19/h2-5,15,18H,6-14H2,1H3. The Morgan fingerprint density at radius 2 is 1.56 bits per heavy atom. The summed E-state index contributed by atoms with van der Waals surface area (Å²) < 4.78 is 60.7. The van der Waals surface area contributed by atoms with Crippen LogP contribution in [0.4, 0.5) is 0 Å². The summed E-state index contributed by atoms with van der Waals surface area (Å²) in [5, 5.41) is 0. The molecule has 152 valence electrons. The quantitative estimate of drug-likeness (QED) is 0.738. The number of nitrogens with zero attached hydrogens (tertiary/aromatic N) is 2. The van der Waals surface area contributed by atoms with Crippen LogP contribution < -0.4 is 4.72 Å². The van der Waals surface area contributed by atoms with Crippen LogP contribution in [0.1, 0.15) is 25.3 Å². The average molecular weight is 418 g/mol. The molecule has 0 bridgehead atoms. The molecular formula is C17H27N3O5S2. The number of nitrogens with one attached hydrogen (secondary N) is 1. The Labute approximate surface area is 161 Å². The lowest BCUT2D eigenvalue weighted by atomic mass is 10.0. The van der Waals surface area contributed by atoms with Gasteiger partial charge in [-0.15, -0.1) is 0 Å². The van der Waals surface area contributed by atoms with E-state index in [1.165, 1.54) is 20.7 Å². The second-order valence-electron chi connectivity index (χ2n) is 7.07. The number of morpholine rings is 1. The lowest BCUT2D eigenvalue weighted by molar-refractivity contribution is 0.0730. The van der Waals surface area contributed by atoms with Gasteiger partial charge in [-0.1, -0.05) is 19.1 Å². The highest BCUT2D eigenvalue weighted by Gasteiger charge is 2.27. The summed E-state index contributed by atoms with van der Waals surface area (Å²) in [4.78, 5) is 0.209. The molecule has 0 aliphatic carbocycles. The Morgan fingerprint density at radius 3 is 2.15 bits per heavy atom. The number of piperidine rings is 1. The van der Waals surface area contributed by atoms with Crippen molar-refractivity contribution in [2.24, 2.45) is 5.92 Å². The van der Waals surface area contributed by atoms with Gasteiger partial charge in [0.15, 0.2) is 0 Å². The smallest absolute Gasteiger partial charge is 0.279 e. The third-order valence-electron chi connectivity index (χ3n) is 5.07. The average Bonchev–Trinajstić information content (AvgIpc) is 2.68.